The van der Waals surface area contributed by atoms with Crippen molar-refractivity contribution in [3.8, 4) is 12.3 Å². The van der Waals surface area contributed by atoms with Crippen molar-refractivity contribution < 1.29 is 19.1 Å². The minimum absolute atomic E-state index is 0.121. The predicted molar refractivity (Wildman–Crippen MR) is 110 cm³/mol. The van der Waals surface area contributed by atoms with Crippen molar-refractivity contribution in [3.63, 3.8) is 0 Å². The zero-order valence-electron chi connectivity index (χ0n) is 16.2. The lowest BCUT2D eigenvalue weighted by molar-refractivity contribution is 0.00418. The van der Waals surface area contributed by atoms with E-state index in [0.29, 0.717) is 26.1 Å². The lowest BCUT2D eigenvalue weighted by Gasteiger charge is -2.27. The largest absolute Gasteiger partial charge is 0.390 e. The number of halogens is 1. The molecule has 1 aliphatic heterocycles. The highest BCUT2D eigenvalue weighted by Gasteiger charge is 2.25. The maximum absolute atomic E-state index is 13.2. The topological polar surface area (TPSA) is 54.3 Å². The Hall–Kier alpha value is -2.72. The average molecular weight is 396 g/mol. The quantitative estimate of drug-likeness (QED) is 0.496. The van der Waals surface area contributed by atoms with Crippen molar-refractivity contribution >= 4 is 5.71 Å². The third-order valence-electron chi connectivity index (χ3n) is 4.59. The number of benzene rings is 2. The molecule has 0 amide bonds. The van der Waals surface area contributed by atoms with Gasteiger partial charge in [-0.1, -0.05) is 53.5 Å². The number of rotatable bonds is 10. The van der Waals surface area contributed by atoms with Crippen molar-refractivity contribution in [2.45, 2.75) is 25.2 Å². The van der Waals surface area contributed by atoms with E-state index in [-0.39, 0.29) is 25.1 Å². The second kappa shape index (κ2) is 10.7. The molecule has 1 heterocycles. The van der Waals surface area contributed by atoms with Gasteiger partial charge in [0.1, 0.15) is 18.5 Å². The van der Waals surface area contributed by atoms with Crippen LogP contribution in [0.5, 0.6) is 0 Å². The second-order valence-corrected chi connectivity index (χ2v) is 7.03. The molecule has 0 unspecified atom stereocenters. The van der Waals surface area contributed by atoms with E-state index in [1.807, 2.05) is 30.3 Å². The molecule has 0 saturated carbocycles. The number of ether oxygens (including phenoxy) is 1. The van der Waals surface area contributed by atoms with E-state index in [0.717, 1.165) is 16.8 Å². The fourth-order valence-corrected chi connectivity index (χ4v) is 3.27. The number of nitrogens with zero attached hydrogens (tertiary/aromatic N) is 2. The smallest absolute Gasteiger partial charge is 0.145 e. The van der Waals surface area contributed by atoms with E-state index >= 15 is 0 Å². The molecule has 2 aromatic rings. The summed E-state index contributed by atoms with van der Waals surface area (Å²) in [5.41, 5.74) is 2.91. The zero-order chi connectivity index (χ0) is 20.5. The van der Waals surface area contributed by atoms with Crippen molar-refractivity contribution in [3.05, 3.63) is 71.5 Å². The monoisotopic (exact) mass is 396 g/mol. The Labute approximate surface area is 170 Å². The first-order chi connectivity index (χ1) is 14.1. The molecule has 152 valence electrons. The number of oxime groups is 1. The molecule has 0 aliphatic carbocycles. The van der Waals surface area contributed by atoms with E-state index in [1.54, 1.807) is 12.1 Å². The summed E-state index contributed by atoms with van der Waals surface area (Å²) in [5.74, 6) is 2.11. The molecule has 0 aromatic heterocycles. The minimum Gasteiger partial charge on any atom is -0.390 e. The molecule has 0 spiro atoms. The summed E-state index contributed by atoms with van der Waals surface area (Å²) >= 11 is 0. The normalized spacial score (nSPS) is 16.9. The maximum Gasteiger partial charge on any atom is 0.145 e. The van der Waals surface area contributed by atoms with Crippen LogP contribution in [0.25, 0.3) is 0 Å². The number of terminal acetylenes is 1. The highest BCUT2D eigenvalue weighted by Crippen LogP contribution is 2.19. The van der Waals surface area contributed by atoms with Gasteiger partial charge in [0.25, 0.3) is 0 Å². The van der Waals surface area contributed by atoms with Crippen LogP contribution < -0.4 is 0 Å². The van der Waals surface area contributed by atoms with E-state index < -0.39 is 6.10 Å². The van der Waals surface area contributed by atoms with E-state index in [2.05, 4.69) is 16.0 Å². The molecule has 2 aromatic carbocycles. The van der Waals surface area contributed by atoms with E-state index in [4.69, 9.17) is 16.0 Å². The number of aliphatic hydroxyl groups excluding tert-OH is 1. The van der Waals surface area contributed by atoms with Gasteiger partial charge in [-0.3, -0.25) is 4.90 Å². The van der Waals surface area contributed by atoms with E-state index in [1.165, 1.54) is 12.1 Å². The van der Waals surface area contributed by atoms with Crippen molar-refractivity contribution in [1.82, 2.24) is 4.90 Å². The van der Waals surface area contributed by atoms with Crippen LogP contribution in [0.15, 0.2) is 59.8 Å². The first-order valence-electron chi connectivity index (χ1n) is 9.58. The summed E-state index contributed by atoms with van der Waals surface area (Å²) in [6.45, 7) is 1.81. The van der Waals surface area contributed by atoms with Crippen LogP contribution >= 0.6 is 0 Å². The van der Waals surface area contributed by atoms with Gasteiger partial charge in [0.15, 0.2) is 0 Å². The van der Waals surface area contributed by atoms with Crippen molar-refractivity contribution in [1.29, 1.82) is 0 Å². The highest BCUT2D eigenvalue weighted by atomic mass is 19.1. The summed E-state index contributed by atoms with van der Waals surface area (Å²) in [4.78, 5) is 7.70. The van der Waals surface area contributed by atoms with Gasteiger partial charge in [0, 0.05) is 26.1 Å². The summed E-state index contributed by atoms with van der Waals surface area (Å²) in [5, 5.41) is 14.5. The van der Waals surface area contributed by atoms with Gasteiger partial charge in [0.2, 0.25) is 0 Å². The van der Waals surface area contributed by atoms with Crippen LogP contribution in [0.3, 0.4) is 0 Å². The molecule has 1 N–H and O–H groups in total. The molecule has 3 rings (SSSR count). The van der Waals surface area contributed by atoms with Gasteiger partial charge in [0.05, 0.1) is 18.4 Å². The Morgan fingerprint density at radius 3 is 2.72 bits per heavy atom. The van der Waals surface area contributed by atoms with Gasteiger partial charge in [-0.25, -0.2) is 4.39 Å². The molecule has 6 heteroatoms. The van der Waals surface area contributed by atoms with Crippen LogP contribution in [0.4, 0.5) is 4.39 Å². The first-order valence-corrected chi connectivity index (χ1v) is 9.58. The summed E-state index contributed by atoms with van der Waals surface area (Å²) < 4.78 is 18.5. The second-order valence-electron chi connectivity index (χ2n) is 7.03. The number of hydrogen-bond acceptors (Lipinski definition) is 5. The maximum atomic E-state index is 13.2. The average Bonchev–Trinajstić information content (AvgIpc) is 3.19. The molecule has 0 fully saturated rings. The Morgan fingerprint density at radius 2 is 2.00 bits per heavy atom. The Bertz CT molecular complexity index is 833. The Balaban J connectivity index is 1.60. The van der Waals surface area contributed by atoms with Gasteiger partial charge in [-0.2, -0.15) is 0 Å². The van der Waals surface area contributed by atoms with Gasteiger partial charge >= 0.3 is 0 Å². The predicted octanol–water partition coefficient (Wildman–Crippen LogP) is 2.83. The molecule has 0 saturated heterocycles. The SMILES string of the molecule is C#CCOC[C@@H](O)CN(Cc1ccc(F)cc1)C[C@H]1CC(c2ccccc2)=NO1. The molecular weight excluding hydrogens is 371 g/mol. The number of aliphatic hydroxyl groups is 1. The van der Waals surface area contributed by atoms with Gasteiger partial charge < -0.3 is 14.7 Å². The van der Waals surface area contributed by atoms with Crippen molar-refractivity contribution in [2.24, 2.45) is 5.16 Å². The van der Waals surface area contributed by atoms with Crippen LogP contribution in [0.2, 0.25) is 0 Å². The highest BCUT2D eigenvalue weighted by molar-refractivity contribution is 6.01. The third kappa shape index (κ3) is 6.68. The molecule has 2 atom stereocenters. The molecular formula is C23H25FN2O3. The van der Waals surface area contributed by atoms with Crippen LogP contribution in [0.1, 0.15) is 17.5 Å². The Morgan fingerprint density at radius 1 is 1.24 bits per heavy atom. The number of hydrogen-bond donors (Lipinski definition) is 1. The van der Waals surface area contributed by atoms with Crippen molar-refractivity contribution in [2.75, 3.05) is 26.3 Å². The van der Waals surface area contributed by atoms with Crippen LogP contribution in [0, 0.1) is 18.2 Å². The summed E-state index contributed by atoms with van der Waals surface area (Å²) in [7, 11) is 0. The third-order valence-corrected chi connectivity index (χ3v) is 4.59. The lowest BCUT2D eigenvalue weighted by atomic mass is 10.0. The standard InChI is InChI=1S/C23H25FN2O3/c1-2-12-28-17-21(27)15-26(14-18-8-10-20(24)11-9-18)16-22-13-23(25-29-22)19-6-4-3-5-7-19/h1,3-11,21-22,27H,12-17H2/t21-,22+/m0/s1. The molecule has 29 heavy (non-hydrogen) atoms. The van der Waals surface area contributed by atoms with Crippen LogP contribution in [-0.4, -0.2) is 54.2 Å². The zero-order valence-corrected chi connectivity index (χ0v) is 16.2. The fraction of sp³-hybridized carbons (Fsp3) is 0.348. The fourth-order valence-electron chi connectivity index (χ4n) is 3.27. The Kier molecular flexibility index (Phi) is 7.77. The van der Waals surface area contributed by atoms with E-state index in [9.17, 15) is 9.50 Å². The first kappa shape index (κ1) is 21.0. The molecule has 5 nitrogen and oxygen atoms in total. The lowest BCUT2D eigenvalue weighted by Crippen LogP contribution is -2.39. The summed E-state index contributed by atoms with van der Waals surface area (Å²) in [6, 6.07) is 16.3. The molecule has 1 aliphatic rings. The van der Waals surface area contributed by atoms with Crippen LogP contribution in [-0.2, 0) is 16.1 Å². The summed E-state index contributed by atoms with van der Waals surface area (Å²) in [6.07, 6.45) is 5.05. The molecule has 0 radical (unpaired) electrons. The minimum atomic E-state index is -0.695. The van der Waals surface area contributed by atoms with Gasteiger partial charge in [-0.15, -0.1) is 6.42 Å². The van der Waals surface area contributed by atoms with Gasteiger partial charge in [-0.05, 0) is 23.3 Å². The molecule has 0 bridgehead atoms.